The van der Waals surface area contributed by atoms with E-state index in [0.29, 0.717) is 0 Å². The van der Waals surface area contributed by atoms with Crippen LogP contribution in [0.2, 0.25) is 0 Å². The van der Waals surface area contributed by atoms with E-state index in [2.05, 4.69) is 9.97 Å². The van der Waals surface area contributed by atoms with E-state index in [0.717, 1.165) is 32.9 Å². The topological polar surface area (TPSA) is 69.0 Å². The molecule has 0 aliphatic carbocycles. The van der Waals surface area contributed by atoms with Crippen LogP contribution < -0.4 is 0 Å². The fourth-order valence-corrected chi connectivity index (χ4v) is 4.14. The predicted octanol–water partition coefficient (Wildman–Crippen LogP) is 3.52. The van der Waals surface area contributed by atoms with E-state index in [1.807, 2.05) is 60.9 Å². The summed E-state index contributed by atoms with van der Waals surface area (Å²) in [5, 5.41) is 1.97. The van der Waals surface area contributed by atoms with E-state index in [-0.39, 0.29) is 11.8 Å². The second-order valence-corrected chi connectivity index (χ2v) is 6.77. The molecule has 128 valence electrons. The second-order valence-electron chi connectivity index (χ2n) is 6.77. The highest BCUT2D eigenvalue weighted by Gasteiger charge is 2.48. The average Bonchev–Trinajstić information content (AvgIpc) is 3.33. The molecule has 0 spiro atoms. The number of fused-ring (bicyclic) bond motifs is 2. The Morgan fingerprint density at radius 2 is 1.15 bits per heavy atom. The first-order valence-corrected chi connectivity index (χ1v) is 8.60. The van der Waals surface area contributed by atoms with Gasteiger partial charge < -0.3 is 9.97 Å². The Morgan fingerprint density at radius 3 is 1.62 bits per heavy atom. The number of H-pyrrole nitrogens is 2. The lowest BCUT2D eigenvalue weighted by atomic mass is 9.83. The molecular formula is C21H17N3O2. The summed E-state index contributed by atoms with van der Waals surface area (Å²) in [5.74, 6) is -1.37. The van der Waals surface area contributed by atoms with Gasteiger partial charge in [0.25, 0.3) is 0 Å². The molecule has 0 radical (unpaired) electrons. The molecule has 1 aliphatic rings. The maximum atomic E-state index is 13.0. The zero-order valence-electron chi connectivity index (χ0n) is 14.2. The summed E-state index contributed by atoms with van der Waals surface area (Å²) in [7, 11) is 1.57. The molecule has 0 saturated carbocycles. The van der Waals surface area contributed by atoms with E-state index in [4.69, 9.17) is 0 Å². The summed E-state index contributed by atoms with van der Waals surface area (Å²) in [6.07, 6.45) is 3.73. The van der Waals surface area contributed by atoms with Gasteiger partial charge in [-0.3, -0.25) is 14.5 Å². The van der Waals surface area contributed by atoms with Gasteiger partial charge in [0.05, 0.1) is 11.8 Å². The number of nitrogens with zero attached hydrogens (tertiary/aromatic N) is 1. The lowest BCUT2D eigenvalue weighted by Crippen LogP contribution is -2.25. The Morgan fingerprint density at radius 1 is 0.731 bits per heavy atom. The number of para-hydroxylation sites is 2. The third kappa shape index (κ3) is 1.91. The van der Waals surface area contributed by atoms with Gasteiger partial charge in [-0.15, -0.1) is 0 Å². The van der Waals surface area contributed by atoms with Gasteiger partial charge in [0.15, 0.2) is 0 Å². The van der Waals surface area contributed by atoms with Gasteiger partial charge in [-0.1, -0.05) is 36.4 Å². The van der Waals surface area contributed by atoms with E-state index < -0.39 is 11.8 Å². The molecule has 3 heterocycles. The molecule has 5 heteroatoms. The average molecular weight is 343 g/mol. The summed E-state index contributed by atoms with van der Waals surface area (Å²) >= 11 is 0. The quantitative estimate of drug-likeness (QED) is 0.547. The highest BCUT2D eigenvalue weighted by atomic mass is 16.2. The molecular weight excluding hydrogens is 326 g/mol. The Bertz CT molecular complexity index is 1080. The predicted molar refractivity (Wildman–Crippen MR) is 99.9 cm³/mol. The lowest BCUT2D eigenvalue weighted by Gasteiger charge is -2.14. The first-order chi connectivity index (χ1) is 12.7. The first-order valence-electron chi connectivity index (χ1n) is 8.60. The summed E-state index contributed by atoms with van der Waals surface area (Å²) in [6, 6.07) is 15.7. The normalized spacial score (nSPS) is 20.6. The molecule has 1 aliphatic heterocycles. The van der Waals surface area contributed by atoms with Gasteiger partial charge in [-0.05, 0) is 23.3 Å². The molecule has 2 N–H and O–H groups in total. The van der Waals surface area contributed by atoms with E-state index in [1.165, 1.54) is 4.90 Å². The van der Waals surface area contributed by atoms with Gasteiger partial charge in [0.1, 0.15) is 0 Å². The van der Waals surface area contributed by atoms with Gasteiger partial charge in [-0.25, -0.2) is 0 Å². The third-order valence-corrected chi connectivity index (χ3v) is 5.44. The minimum Gasteiger partial charge on any atom is -0.361 e. The maximum absolute atomic E-state index is 13.0. The largest absolute Gasteiger partial charge is 0.361 e. The van der Waals surface area contributed by atoms with Crippen LogP contribution in [0.15, 0.2) is 60.9 Å². The summed E-state index contributed by atoms with van der Waals surface area (Å²) in [4.78, 5) is 33.7. The zero-order chi connectivity index (χ0) is 17.8. The van der Waals surface area contributed by atoms with Crippen molar-refractivity contribution in [3.63, 3.8) is 0 Å². The van der Waals surface area contributed by atoms with Gasteiger partial charge in [0, 0.05) is 41.2 Å². The van der Waals surface area contributed by atoms with Crippen LogP contribution in [0.3, 0.4) is 0 Å². The molecule has 2 aromatic carbocycles. The molecule has 4 aromatic rings. The van der Waals surface area contributed by atoms with E-state index >= 15 is 0 Å². The SMILES string of the molecule is CN1C(=O)[C@@H](c2c[nH]c3ccccc23)[C@H](c2c[nH]c3ccccc23)C1=O. The van der Waals surface area contributed by atoms with Gasteiger partial charge in [0.2, 0.25) is 11.8 Å². The number of likely N-dealkylation sites (tertiary alicyclic amines) is 1. The molecule has 0 unspecified atom stereocenters. The Kier molecular flexibility index (Phi) is 3.06. The number of benzene rings is 2. The van der Waals surface area contributed by atoms with Crippen molar-refractivity contribution in [3.05, 3.63) is 72.1 Å². The standard InChI is InChI=1S/C21H17N3O2/c1-24-20(25)18(14-10-22-16-8-4-2-6-12(14)16)19(21(24)26)15-11-23-17-9-5-3-7-13(15)17/h2-11,18-19,22-23H,1H3/t18-,19-/m0/s1. The third-order valence-electron chi connectivity index (χ3n) is 5.44. The molecule has 5 rings (SSSR count). The number of imide groups is 1. The summed E-state index contributed by atoms with van der Waals surface area (Å²) < 4.78 is 0. The van der Waals surface area contributed by atoms with Crippen LogP contribution in [0.25, 0.3) is 21.8 Å². The first kappa shape index (κ1) is 15.0. The van der Waals surface area contributed by atoms with Gasteiger partial charge >= 0.3 is 0 Å². The number of carbonyl (C=O) groups excluding carboxylic acids is 2. The van der Waals surface area contributed by atoms with Crippen molar-refractivity contribution in [1.29, 1.82) is 0 Å². The number of rotatable bonds is 2. The number of hydrogen-bond acceptors (Lipinski definition) is 2. The van der Waals surface area contributed by atoms with Crippen molar-refractivity contribution in [2.45, 2.75) is 11.8 Å². The number of amides is 2. The Hall–Kier alpha value is -3.34. The number of likely N-dealkylation sites (N-methyl/N-ethyl adjacent to an activating group) is 1. The highest BCUT2D eigenvalue weighted by molar-refractivity contribution is 6.12. The number of carbonyl (C=O) groups is 2. The minimum atomic E-state index is -0.525. The second kappa shape index (κ2) is 5.33. The summed E-state index contributed by atoms with van der Waals surface area (Å²) in [5.41, 5.74) is 3.68. The monoisotopic (exact) mass is 343 g/mol. The van der Waals surface area contributed by atoms with Crippen molar-refractivity contribution in [1.82, 2.24) is 14.9 Å². The number of nitrogens with one attached hydrogen (secondary N) is 2. The molecule has 5 nitrogen and oxygen atoms in total. The number of aromatic amines is 2. The molecule has 2 aromatic heterocycles. The van der Waals surface area contributed by atoms with Crippen LogP contribution in [0.4, 0.5) is 0 Å². The molecule has 2 atom stereocenters. The van der Waals surface area contributed by atoms with Crippen molar-refractivity contribution < 1.29 is 9.59 Å². The smallest absolute Gasteiger partial charge is 0.237 e. The fraction of sp³-hybridized carbons (Fsp3) is 0.143. The van der Waals surface area contributed by atoms with Crippen molar-refractivity contribution in [2.75, 3.05) is 7.05 Å². The molecule has 26 heavy (non-hydrogen) atoms. The van der Waals surface area contributed by atoms with Crippen molar-refractivity contribution >= 4 is 33.6 Å². The van der Waals surface area contributed by atoms with Crippen LogP contribution in [0, 0.1) is 0 Å². The van der Waals surface area contributed by atoms with Crippen LogP contribution in [0.1, 0.15) is 23.0 Å². The lowest BCUT2D eigenvalue weighted by molar-refractivity contribution is -0.137. The number of hydrogen-bond donors (Lipinski definition) is 2. The van der Waals surface area contributed by atoms with Gasteiger partial charge in [-0.2, -0.15) is 0 Å². The highest BCUT2D eigenvalue weighted by Crippen LogP contribution is 2.45. The van der Waals surface area contributed by atoms with Crippen molar-refractivity contribution in [2.24, 2.45) is 0 Å². The fourth-order valence-electron chi connectivity index (χ4n) is 4.14. The summed E-state index contributed by atoms with van der Waals surface area (Å²) in [6.45, 7) is 0. The molecule has 0 bridgehead atoms. The van der Waals surface area contributed by atoms with Crippen molar-refractivity contribution in [3.8, 4) is 0 Å². The molecule has 1 saturated heterocycles. The van der Waals surface area contributed by atoms with E-state index in [1.54, 1.807) is 7.05 Å². The zero-order valence-corrected chi connectivity index (χ0v) is 14.2. The minimum absolute atomic E-state index is 0.157. The van der Waals surface area contributed by atoms with Crippen LogP contribution in [-0.4, -0.2) is 33.7 Å². The Balaban J connectivity index is 1.74. The Labute approximate surface area is 149 Å². The molecule has 2 amide bonds. The maximum Gasteiger partial charge on any atom is 0.237 e. The van der Waals surface area contributed by atoms with Crippen LogP contribution in [0.5, 0.6) is 0 Å². The van der Waals surface area contributed by atoms with Crippen LogP contribution >= 0.6 is 0 Å². The van der Waals surface area contributed by atoms with Crippen LogP contribution in [-0.2, 0) is 9.59 Å². The van der Waals surface area contributed by atoms with E-state index in [9.17, 15) is 9.59 Å². The molecule has 1 fully saturated rings. The number of aromatic nitrogens is 2.